The monoisotopic (exact) mass is 273 g/mol. The molecule has 1 heteroatoms. The van der Waals surface area contributed by atoms with Gasteiger partial charge in [-0.1, -0.05) is 51.5 Å². The molecule has 0 bridgehead atoms. The lowest BCUT2D eigenvalue weighted by Gasteiger charge is -2.34. The average Bonchev–Trinajstić information content (AvgIpc) is 2.44. The Morgan fingerprint density at radius 2 is 1.80 bits per heavy atom. The van der Waals surface area contributed by atoms with Gasteiger partial charge in [-0.3, -0.25) is 0 Å². The predicted molar refractivity (Wildman–Crippen MR) is 88.0 cm³/mol. The van der Waals surface area contributed by atoms with Crippen molar-refractivity contribution in [2.45, 2.75) is 71.9 Å². The van der Waals surface area contributed by atoms with Gasteiger partial charge in [-0.2, -0.15) is 0 Å². The Morgan fingerprint density at radius 1 is 1.10 bits per heavy atom. The molecule has 1 saturated carbocycles. The third kappa shape index (κ3) is 4.09. The van der Waals surface area contributed by atoms with Gasteiger partial charge in [0, 0.05) is 12.1 Å². The molecule has 0 saturated heterocycles. The van der Waals surface area contributed by atoms with Crippen LogP contribution in [0.25, 0.3) is 0 Å². The number of hydrogen-bond donors (Lipinski definition) is 1. The summed E-state index contributed by atoms with van der Waals surface area (Å²) < 4.78 is 0. The van der Waals surface area contributed by atoms with E-state index in [0.29, 0.717) is 12.1 Å². The number of benzene rings is 1. The molecule has 4 unspecified atom stereocenters. The maximum Gasteiger partial charge on any atom is 0.0294 e. The first-order valence-electron chi connectivity index (χ1n) is 8.45. The summed E-state index contributed by atoms with van der Waals surface area (Å²) in [5.41, 5.74) is 2.89. The minimum absolute atomic E-state index is 0.469. The second-order valence-electron chi connectivity index (χ2n) is 6.84. The quantitative estimate of drug-likeness (QED) is 0.785. The maximum atomic E-state index is 3.84. The van der Waals surface area contributed by atoms with E-state index in [9.17, 15) is 0 Å². The molecule has 1 aliphatic rings. The Labute approximate surface area is 125 Å². The first-order chi connectivity index (χ1) is 9.60. The van der Waals surface area contributed by atoms with Crippen LogP contribution in [0.5, 0.6) is 0 Å². The zero-order valence-corrected chi connectivity index (χ0v) is 13.7. The van der Waals surface area contributed by atoms with E-state index in [2.05, 4.69) is 57.3 Å². The standard InChI is InChI=1S/C19H31N/c1-5-6-17-8-10-18(11-9-17)16(4)20-19-12-7-14(2)15(3)13-19/h8-11,14-16,19-20H,5-7,12-13H2,1-4H3. The molecule has 1 N–H and O–H groups in total. The van der Waals surface area contributed by atoms with E-state index in [1.54, 1.807) is 0 Å². The zero-order chi connectivity index (χ0) is 14.5. The highest BCUT2D eigenvalue weighted by atomic mass is 14.9. The summed E-state index contributed by atoms with van der Waals surface area (Å²) in [6, 6.07) is 10.4. The Hall–Kier alpha value is -0.820. The summed E-state index contributed by atoms with van der Waals surface area (Å²) in [6.07, 6.45) is 6.47. The van der Waals surface area contributed by atoms with Crippen molar-refractivity contribution >= 4 is 0 Å². The lowest BCUT2D eigenvalue weighted by molar-refractivity contribution is 0.217. The van der Waals surface area contributed by atoms with E-state index in [1.807, 2.05) is 0 Å². The lowest BCUT2D eigenvalue weighted by Crippen LogP contribution is -2.37. The molecule has 0 aromatic heterocycles. The van der Waals surface area contributed by atoms with Crippen molar-refractivity contribution in [3.8, 4) is 0 Å². The first-order valence-corrected chi connectivity index (χ1v) is 8.45. The normalized spacial score (nSPS) is 28.3. The molecule has 2 rings (SSSR count). The number of nitrogens with one attached hydrogen (secondary N) is 1. The van der Waals surface area contributed by atoms with Crippen molar-refractivity contribution in [3.05, 3.63) is 35.4 Å². The maximum absolute atomic E-state index is 3.84. The molecule has 112 valence electrons. The molecule has 20 heavy (non-hydrogen) atoms. The third-order valence-corrected chi connectivity index (χ3v) is 5.10. The highest BCUT2D eigenvalue weighted by molar-refractivity contribution is 5.24. The van der Waals surface area contributed by atoms with Crippen LogP contribution in [0.4, 0.5) is 0 Å². The minimum atomic E-state index is 0.469. The van der Waals surface area contributed by atoms with Gasteiger partial charge in [0.05, 0.1) is 0 Å². The van der Waals surface area contributed by atoms with Gasteiger partial charge in [0.1, 0.15) is 0 Å². The van der Waals surface area contributed by atoms with Gasteiger partial charge in [0.15, 0.2) is 0 Å². The van der Waals surface area contributed by atoms with Gasteiger partial charge in [-0.25, -0.2) is 0 Å². The summed E-state index contributed by atoms with van der Waals surface area (Å²) >= 11 is 0. The molecule has 1 aromatic carbocycles. The summed E-state index contributed by atoms with van der Waals surface area (Å²) in [6.45, 7) is 9.35. The summed E-state index contributed by atoms with van der Waals surface area (Å²) in [5.74, 6) is 1.76. The van der Waals surface area contributed by atoms with Crippen LogP contribution in [0, 0.1) is 11.8 Å². The van der Waals surface area contributed by atoms with Gasteiger partial charge >= 0.3 is 0 Å². The predicted octanol–water partition coefficient (Wildman–Crippen LogP) is 5.11. The fraction of sp³-hybridized carbons (Fsp3) is 0.684. The fourth-order valence-electron chi connectivity index (χ4n) is 3.41. The van der Waals surface area contributed by atoms with Crippen molar-refractivity contribution in [3.63, 3.8) is 0 Å². The van der Waals surface area contributed by atoms with E-state index in [0.717, 1.165) is 11.8 Å². The zero-order valence-electron chi connectivity index (χ0n) is 13.7. The first kappa shape index (κ1) is 15.6. The third-order valence-electron chi connectivity index (χ3n) is 5.10. The van der Waals surface area contributed by atoms with E-state index >= 15 is 0 Å². The molecule has 0 radical (unpaired) electrons. The van der Waals surface area contributed by atoms with Crippen molar-refractivity contribution in [2.75, 3.05) is 0 Å². The molecule has 1 fully saturated rings. The molecule has 4 atom stereocenters. The highest BCUT2D eigenvalue weighted by Gasteiger charge is 2.25. The van der Waals surface area contributed by atoms with Crippen LogP contribution >= 0.6 is 0 Å². The lowest BCUT2D eigenvalue weighted by atomic mass is 9.79. The summed E-state index contributed by atoms with van der Waals surface area (Å²) in [5, 5.41) is 3.84. The van der Waals surface area contributed by atoms with Crippen LogP contribution < -0.4 is 5.32 Å². The van der Waals surface area contributed by atoms with E-state index in [4.69, 9.17) is 0 Å². The Kier molecular flexibility index (Phi) is 5.65. The highest BCUT2D eigenvalue weighted by Crippen LogP contribution is 2.30. The second kappa shape index (κ2) is 7.26. The van der Waals surface area contributed by atoms with Gasteiger partial charge in [-0.15, -0.1) is 0 Å². The minimum Gasteiger partial charge on any atom is -0.307 e. The van der Waals surface area contributed by atoms with Gasteiger partial charge in [-0.05, 0) is 55.6 Å². The number of rotatable bonds is 5. The van der Waals surface area contributed by atoms with Crippen LogP contribution in [0.3, 0.4) is 0 Å². The Balaban J connectivity index is 1.89. The molecular weight excluding hydrogens is 242 g/mol. The van der Waals surface area contributed by atoms with Crippen LogP contribution in [0.15, 0.2) is 24.3 Å². The SMILES string of the molecule is CCCc1ccc(C(C)NC2CCC(C)C(C)C2)cc1. The molecule has 0 aliphatic heterocycles. The van der Waals surface area contributed by atoms with Crippen LogP contribution in [-0.4, -0.2) is 6.04 Å². The fourth-order valence-corrected chi connectivity index (χ4v) is 3.41. The van der Waals surface area contributed by atoms with Crippen molar-refractivity contribution in [2.24, 2.45) is 11.8 Å². The van der Waals surface area contributed by atoms with Gasteiger partial charge < -0.3 is 5.32 Å². The van der Waals surface area contributed by atoms with Crippen LogP contribution in [-0.2, 0) is 6.42 Å². The summed E-state index contributed by atoms with van der Waals surface area (Å²) in [7, 11) is 0. The molecule has 1 nitrogen and oxygen atoms in total. The average molecular weight is 273 g/mol. The van der Waals surface area contributed by atoms with Crippen molar-refractivity contribution < 1.29 is 0 Å². The summed E-state index contributed by atoms with van der Waals surface area (Å²) in [4.78, 5) is 0. The topological polar surface area (TPSA) is 12.0 Å². The smallest absolute Gasteiger partial charge is 0.0294 e. The molecular formula is C19H31N. The molecule has 1 aromatic rings. The Bertz CT molecular complexity index is 395. The van der Waals surface area contributed by atoms with E-state index in [1.165, 1.54) is 43.2 Å². The molecule has 0 spiro atoms. The van der Waals surface area contributed by atoms with Crippen molar-refractivity contribution in [1.82, 2.24) is 5.32 Å². The van der Waals surface area contributed by atoms with E-state index in [-0.39, 0.29) is 0 Å². The largest absolute Gasteiger partial charge is 0.307 e. The van der Waals surface area contributed by atoms with E-state index < -0.39 is 0 Å². The van der Waals surface area contributed by atoms with Crippen molar-refractivity contribution in [1.29, 1.82) is 0 Å². The van der Waals surface area contributed by atoms with Gasteiger partial charge in [0.25, 0.3) is 0 Å². The van der Waals surface area contributed by atoms with Gasteiger partial charge in [0.2, 0.25) is 0 Å². The molecule has 0 heterocycles. The second-order valence-corrected chi connectivity index (χ2v) is 6.84. The van der Waals surface area contributed by atoms with Crippen LogP contribution in [0.1, 0.15) is 70.5 Å². The Morgan fingerprint density at radius 3 is 2.40 bits per heavy atom. The number of aryl methyl sites for hydroxylation is 1. The number of hydrogen-bond acceptors (Lipinski definition) is 1. The van der Waals surface area contributed by atoms with Crippen LogP contribution in [0.2, 0.25) is 0 Å². The molecule has 0 amide bonds. The molecule has 1 aliphatic carbocycles.